The summed E-state index contributed by atoms with van der Waals surface area (Å²) in [5.41, 5.74) is -0.528. The van der Waals surface area contributed by atoms with Gasteiger partial charge in [-0.3, -0.25) is 9.69 Å². The molecule has 0 aromatic carbocycles. The minimum Gasteiger partial charge on any atom is -0.387 e. The lowest BCUT2D eigenvalue weighted by atomic mass is 9.89. The molecule has 1 aliphatic heterocycles. The van der Waals surface area contributed by atoms with E-state index < -0.39 is 5.60 Å². The van der Waals surface area contributed by atoms with Crippen molar-refractivity contribution in [3.05, 3.63) is 0 Å². The summed E-state index contributed by atoms with van der Waals surface area (Å²) in [7, 11) is 1.81. The zero-order valence-corrected chi connectivity index (χ0v) is 9.99. The SMILES string of the molecule is CCCC1(O)CN(CC(=O)N(C)CC)C1. The number of aliphatic hydroxyl groups is 1. The van der Waals surface area contributed by atoms with Gasteiger partial charge in [0.1, 0.15) is 0 Å². The first-order valence-corrected chi connectivity index (χ1v) is 5.69. The van der Waals surface area contributed by atoms with Crippen molar-refractivity contribution >= 4 is 5.91 Å². The van der Waals surface area contributed by atoms with Crippen LogP contribution in [0.4, 0.5) is 0 Å². The molecule has 0 aromatic rings. The Morgan fingerprint density at radius 1 is 1.47 bits per heavy atom. The minimum atomic E-state index is -0.528. The van der Waals surface area contributed by atoms with E-state index in [1.807, 2.05) is 11.8 Å². The van der Waals surface area contributed by atoms with Gasteiger partial charge >= 0.3 is 0 Å². The molecule has 0 atom stereocenters. The van der Waals surface area contributed by atoms with Gasteiger partial charge in [0.05, 0.1) is 12.1 Å². The van der Waals surface area contributed by atoms with Crippen LogP contribution < -0.4 is 0 Å². The fraction of sp³-hybridized carbons (Fsp3) is 0.909. The molecule has 88 valence electrons. The first-order valence-electron chi connectivity index (χ1n) is 5.69. The van der Waals surface area contributed by atoms with Crippen LogP contribution in [0.15, 0.2) is 0 Å². The topological polar surface area (TPSA) is 43.8 Å². The van der Waals surface area contributed by atoms with Crippen molar-refractivity contribution in [1.82, 2.24) is 9.80 Å². The lowest BCUT2D eigenvalue weighted by molar-refractivity contribution is -0.141. The van der Waals surface area contributed by atoms with Crippen molar-refractivity contribution in [2.75, 3.05) is 33.2 Å². The highest BCUT2D eigenvalue weighted by molar-refractivity contribution is 5.78. The summed E-state index contributed by atoms with van der Waals surface area (Å²) in [5, 5.41) is 9.92. The van der Waals surface area contributed by atoms with E-state index in [-0.39, 0.29) is 5.91 Å². The fourth-order valence-corrected chi connectivity index (χ4v) is 2.01. The normalized spacial score (nSPS) is 19.7. The molecular formula is C11H22N2O2. The van der Waals surface area contributed by atoms with E-state index in [4.69, 9.17) is 0 Å². The number of hydrogen-bond acceptors (Lipinski definition) is 3. The van der Waals surface area contributed by atoms with E-state index in [1.54, 1.807) is 11.9 Å². The molecule has 1 saturated heterocycles. The van der Waals surface area contributed by atoms with Crippen molar-refractivity contribution in [2.45, 2.75) is 32.3 Å². The lowest BCUT2D eigenvalue weighted by Gasteiger charge is -2.46. The number of likely N-dealkylation sites (tertiary alicyclic amines) is 1. The smallest absolute Gasteiger partial charge is 0.236 e. The van der Waals surface area contributed by atoms with Gasteiger partial charge in [0.25, 0.3) is 0 Å². The largest absolute Gasteiger partial charge is 0.387 e. The van der Waals surface area contributed by atoms with Crippen LogP contribution in [0.1, 0.15) is 26.7 Å². The molecule has 1 amide bonds. The van der Waals surface area contributed by atoms with Crippen LogP contribution in [-0.4, -0.2) is 59.6 Å². The van der Waals surface area contributed by atoms with Crippen molar-refractivity contribution in [2.24, 2.45) is 0 Å². The molecule has 15 heavy (non-hydrogen) atoms. The van der Waals surface area contributed by atoms with Gasteiger partial charge in [0.2, 0.25) is 5.91 Å². The Labute approximate surface area is 91.9 Å². The molecule has 1 rings (SSSR count). The van der Waals surface area contributed by atoms with Gasteiger partial charge in [-0.05, 0) is 13.3 Å². The maximum Gasteiger partial charge on any atom is 0.236 e. The van der Waals surface area contributed by atoms with Crippen LogP contribution in [0.5, 0.6) is 0 Å². The summed E-state index contributed by atoms with van der Waals surface area (Å²) < 4.78 is 0. The molecule has 0 aliphatic carbocycles. The van der Waals surface area contributed by atoms with Crippen molar-refractivity contribution in [3.63, 3.8) is 0 Å². The third-order valence-corrected chi connectivity index (χ3v) is 3.01. The van der Waals surface area contributed by atoms with Crippen LogP contribution >= 0.6 is 0 Å². The second-order valence-corrected chi connectivity index (χ2v) is 4.53. The number of amides is 1. The zero-order valence-electron chi connectivity index (χ0n) is 9.99. The van der Waals surface area contributed by atoms with Crippen LogP contribution in [0.3, 0.4) is 0 Å². The predicted octanol–water partition coefficient (Wildman–Crippen LogP) is 0.311. The number of hydrogen-bond donors (Lipinski definition) is 1. The maximum absolute atomic E-state index is 11.5. The van der Waals surface area contributed by atoms with Crippen LogP contribution in [0.25, 0.3) is 0 Å². The highest BCUT2D eigenvalue weighted by Crippen LogP contribution is 2.25. The zero-order chi connectivity index (χ0) is 11.5. The number of rotatable bonds is 5. The average Bonchev–Trinajstić information content (AvgIpc) is 2.14. The van der Waals surface area contributed by atoms with Crippen LogP contribution in [0.2, 0.25) is 0 Å². The van der Waals surface area contributed by atoms with Crippen LogP contribution in [-0.2, 0) is 4.79 Å². The van der Waals surface area contributed by atoms with Gasteiger partial charge in [0, 0.05) is 26.7 Å². The molecule has 0 spiro atoms. The van der Waals surface area contributed by atoms with Gasteiger partial charge in [-0.25, -0.2) is 0 Å². The van der Waals surface area contributed by atoms with Gasteiger partial charge in [0.15, 0.2) is 0 Å². The molecule has 0 bridgehead atoms. The van der Waals surface area contributed by atoms with E-state index in [0.717, 1.165) is 19.4 Å². The van der Waals surface area contributed by atoms with Crippen LogP contribution in [0, 0.1) is 0 Å². The number of β-amino-alcohol motifs (C(OH)–C–C–N with tert-alkyl or cyclic N) is 1. The molecule has 1 N–H and O–H groups in total. The summed E-state index contributed by atoms with van der Waals surface area (Å²) in [6.45, 7) is 6.49. The molecule has 0 unspecified atom stereocenters. The molecule has 0 radical (unpaired) electrons. The molecule has 0 aromatic heterocycles. The Bertz CT molecular complexity index is 225. The summed E-state index contributed by atoms with van der Waals surface area (Å²) in [5.74, 6) is 0.135. The Morgan fingerprint density at radius 3 is 2.53 bits per heavy atom. The standard InChI is InChI=1S/C11H22N2O2/c1-4-6-11(15)8-13(9-11)7-10(14)12(3)5-2/h15H,4-9H2,1-3H3. The number of likely N-dealkylation sites (N-methyl/N-ethyl adjacent to an activating group) is 1. The van der Waals surface area contributed by atoms with Gasteiger partial charge in [-0.1, -0.05) is 13.3 Å². The molecule has 1 aliphatic rings. The Morgan fingerprint density at radius 2 is 2.07 bits per heavy atom. The summed E-state index contributed by atoms with van der Waals surface area (Å²) >= 11 is 0. The summed E-state index contributed by atoms with van der Waals surface area (Å²) in [6, 6.07) is 0. The highest BCUT2D eigenvalue weighted by atomic mass is 16.3. The van der Waals surface area contributed by atoms with Crippen molar-refractivity contribution < 1.29 is 9.90 Å². The lowest BCUT2D eigenvalue weighted by Crippen LogP contribution is -2.63. The van der Waals surface area contributed by atoms with Crippen molar-refractivity contribution in [1.29, 1.82) is 0 Å². The molecule has 4 nitrogen and oxygen atoms in total. The van der Waals surface area contributed by atoms with E-state index in [2.05, 4.69) is 6.92 Å². The monoisotopic (exact) mass is 214 g/mol. The van der Waals surface area contributed by atoms with E-state index >= 15 is 0 Å². The third-order valence-electron chi connectivity index (χ3n) is 3.01. The molecule has 1 fully saturated rings. The molecule has 0 saturated carbocycles. The third kappa shape index (κ3) is 3.18. The van der Waals surface area contributed by atoms with Gasteiger partial charge < -0.3 is 10.0 Å². The quantitative estimate of drug-likeness (QED) is 0.716. The number of carbonyl (C=O) groups excluding carboxylic acids is 1. The van der Waals surface area contributed by atoms with E-state index in [0.29, 0.717) is 19.6 Å². The van der Waals surface area contributed by atoms with Gasteiger partial charge in [-0.2, -0.15) is 0 Å². The van der Waals surface area contributed by atoms with Gasteiger partial charge in [-0.15, -0.1) is 0 Å². The number of nitrogens with zero attached hydrogens (tertiary/aromatic N) is 2. The molecular weight excluding hydrogens is 192 g/mol. The fourth-order valence-electron chi connectivity index (χ4n) is 2.01. The minimum absolute atomic E-state index is 0.135. The second kappa shape index (κ2) is 4.94. The average molecular weight is 214 g/mol. The first-order chi connectivity index (χ1) is 7.00. The van der Waals surface area contributed by atoms with E-state index in [1.165, 1.54) is 0 Å². The van der Waals surface area contributed by atoms with E-state index in [9.17, 15) is 9.90 Å². The Hall–Kier alpha value is -0.610. The predicted molar refractivity (Wildman–Crippen MR) is 59.6 cm³/mol. The first kappa shape index (κ1) is 12.5. The number of carbonyl (C=O) groups is 1. The Balaban J connectivity index is 2.25. The second-order valence-electron chi connectivity index (χ2n) is 4.53. The summed E-state index contributed by atoms with van der Waals surface area (Å²) in [6.07, 6.45) is 1.83. The van der Waals surface area contributed by atoms with Crippen molar-refractivity contribution in [3.8, 4) is 0 Å². The summed E-state index contributed by atoms with van der Waals surface area (Å²) in [4.78, 5) is 15.3. The Kier molecular flexibility index (Phi) is 4.11. The highest BCUT2D eigenvalue weighted by Gasteiger charge is 2.40. The molecule has 1 heterocycles. The maximum atomic E-state index is 11.5. The molecule has 4 heteroatoms.